The lowest BCUT2D eigenvalue weighted by molar-refractivity contribution is 0.311. The highest BCUT2D eigenvalue weighted by Gasteiger charge is 2.19. The predicted octanol–water partition coefficient (Wildman–Crippen LogP) is 3.34. The molecule has 0 amide bonds. The standard InChI is InChI=1S/C21H26ClN7OS2/c1-28-7-9-29(10-8-28)21-25-18-14-24-19(22)13-17(18)20(26-21)23-6-11-32(30)27-15-4-3-5-16(12-15)31-2/h3-5,12-14,27H,6-11H2,1-2H3,(H,23,25,26). The zero-order valence-corrected chi connectivity index (χ0v) is 20.4. The summed E-state index contributed by atoms with van der Waals surface area (Å²) in [5.74, 6) is 1.76. The maximum Gasteiger partial charge on any atom is 0.228 e. The Bertz CT molecular complexity index is 1110. The van der Waals surface area contributed by atoms with E-state index in [1.807, 2.05) is 30.5 Å². The number of rotatable bonds is 8. The Kier molecular flexibility index (Phi) is 7.67. The summed E-state index contributed by atoms with van der Waals surface area (Å²) in [5.41, 5.74) is 1.58. The van der Waals surface area contributed by atoms with Crippen LogP contribution in [0.4, 0.5) is 17.5 Å². The summed E-state index contributed by atoms with van der Waals surface area (Å²) in [4.78, 5) is 19.2. The fourth-order valence-corrected chi connectivity index (χ4v) is 4.80. The third kappa shape index (κ3) is 5.80. The Morgan fingerprint density at radius 1 is 1.19 bits per heavy atom. The molecular weight excluding hydrogens is 466 g/mol. The van der Waals surface area contributed by atoms with Gasteiger partial charge in [0.05, 0.1) is 17.5 Å². The van der Waals surface area contributed by atoms with Crippen molar-refractivity contribution in [1.29, 1.82) is 0 Å². The molecule has 0 saturated carbocycles. The molecule has 32 heavy (non-hydrogen) atoms. The monoisotopic (exact) mass is 491 g/mol. The van der Waals surface area contributed by atoms with Crippen LogP contribution in [0.1, 0.15) is 0 Å². The molecule has 1 aliphatic heterocycles. The van der Waals surface area contributed by atoms with E-state index in [2.05, 4.69) is 31.9 Å². The molecule has 2 aromatic heterocycles. The van der Waals surface area contributed by atoms with Gasteiger partial charge in [-0.25, -0.2) is 14.2 Å². The molecule has 2 N–H and O–H groups in total. The second kappa shape index (κ2) is 10.7. The summed E-state index contributed by atoms with van der Waals surface area (Å²) >= 11 is 7.78. The number of nitrogens with zero attached hydrogens (tertiary/aromatic N) is 5. The van der Waals surface area contributed by atoms with Crippen molar-refractivity contribution in [2.45, 2.75) is 4.90 Å². The van der Waals surface area contributed by atoms with Crippen LogP contribution in [0.15, 0.2) is 41.4 Å². The first-order valence-corrected chi connectivity index (χ1v) is 13.2. The van der Waals surface area contributed by atoms with Gasteiger partial charge in [-0.05, 0) is 37.6 Å². The molecule has 170 valence electrons. The number of aromatic nitrogens is 3. The third-order valence-electron chi connectivity index (χ3n) is 5.20. The fraction of sp³-hybridized carbons (Fsp3) is 0.381. The Balaban J connectivity index is 1.46. The van der Waals surface area contributed by atoms with Crippen LogP contribution in [-0.2, 0) is 11.0 Å². The van der Waals surface area contributed by atoms with Gasteiger partial charge in [0.15, 0.2) is 0 Å². The second-order valence-electron chi connectivity index (χ2n) is 7.50. The lowest BCUT2D eigenvalue weighted by atomic mass is 10.3. The summed E-state index contributed by atoms with van der Waals surface area (Å²) in [6, 6.07) is 9.65. The van der Waals surface area contributed by atoms with Crippen molar-refractivity contribution in [3.63, 3.8) is 0 Å². The zero-order valence-electron chi connectivity index (χ0n) is 18.0. The van der Waals surface area contributed by atoms with E-state index >= 15 is 0 Å². The number of hydrogen-bond donors (Lipinski definition) is 2. The highest BCUT2D eigenvalue weighted by molar-refractivity contribution is 7.98. The molecule has 1 fully saturated rings. The van der Waals surface area contributed by atoms with E-state index in [0.717, 1.165) is 47.7 Å². The van der Waals surface area contributed by atoms with Crippen LogP contribution >= 0.6 is 23.4 Å². The van der Waals surface area contributed by atoms with Gasteiger partial charge in [-0.1, -0.05) is 17.7 Å². The maximum absolute atomic E-state index is 12.5. The molecular formula is C21H26ClN7OS2. The van der Waals surface area contributed by atoms with Crippen molar-refractivity contribution in [2.75, 3.05) is 66.7 Å². The van der Waals surface area contributed by atoms with Crippen molar-refractivity contribution >= 4 is 62.7 Å². The molecule has 0 aliphatic carbocycles. The van der Waals surface area contributed by atoms with Crippen LogP contribution < -0.4 is 14.9 Å². The topological polar surface area (TPSA) is 86.3 Å². The van der Waals surface area contributed by atoms with Crippen molar-refractivity contribution in [2.24, 2.45) is 0 Å². The molecule has 0 bridgehead atoms. The number of fused-ring (bicyclic) bond motifs is 1. The number of piperazine rings is 1. The van der Waals surface area contributed by atoms with Crippen LogP contribution in [0.2, 0.25) is 5.15 Å². The normalized spacial score (nSPS) is 15.7. The van der Waals surface area contributed by atoms with Crippen molar-refractivity contribution < 1.29 is 4.21 Å². The summed E-state index contributed by atoms with van der Waals surface area (Å²) in [7, 11) is 0.888. The number of nitrogens with one attached hydrogen (secondary N) is 2. The average Bonchev–Trinajstić information content (AvgIpc) is 2.79. The summed E-state index contributed by atoms with van der Waals surface area (Å²) < 4.78 is 15.6. The van der Waals surface area contributed by atoms with Crippen LogP contribution in [0.3, 0.4) is 0 Å². The van der Waals surface area contributed by atoms with Crippen LogP contribution in [-0.4, -0.2) is 75.8 Å². The largest absolute Gasteiger partial charge is 0.368 e. The molecule has 3 aromatic rings. The number of hydrogen-bond acceptors (Lipinski definition) is 8. The van der Waals surface area contributed by atoms with Crippen molar-refractivity contribution in [1.82, 2.24) is 19.9 Å². The summed E-state index contributed by atoms with van der Waals surface area (Å²) in [5, 5.41) is 4.52. The smallest absolute Gasteiger partial charge is 0.228 e. The molecule has 11 heteroatoms. The second-order valence-corrected chi connectivity index (χ2v) is 10.1. The van der Waals surface area contributed by atoms with E-state index < -0.39 is 11.0 Å². The van der Waals surface area contributed by atoms with Crippen molar-refractivity contribution in [3.8, 4) is 0 Å². The van der Waals surface area contributed by atoms with Gasteiger partial charge in [0.25, 0.3) is 0 Å². The maximum atomic E-state index is 12.5. The summed E-state index contributed by atoms with van der Waals surface area (Å²) in [6.07, 6.45) is 3.69. The van der Waals surface area contributed by atoms with Gasteiger partial charge in [0.1, 0.15) is 22.0 Å². The van der Waals surface area contributed by atoms with Gasteiger partial charge in [0, 0.05) is 48.7 Å². The lowest BCUT2D eigenvalue weighted by Gasteiger charge is -2.32. The minimum atomic E-state index is -1.23. The van der Waals surface area contributed by atoms with Gasteiger partial charge in [-0.2, -0.15) is 4.98 Å². The lowest BCUT2D eigenvalue weighted by Crippen LogP contribution is -2.45. The first-order valence-electron chi connectivity index (χ1n) is 10.3. The highest BCUT2D eigenvalue weighted by atomic mass is 35.5. The van der Waals surface area contributed by atoms with Crippen LogP contribution in [0.5, 0.6) is 0 Å². The highest BCUT2D eigenvalue weighted by Crippen LogP contribution is 2.26. The first-order chi connectivity index (χ1) is 15.5. The van der Waals surface area contributed by atoms with E-state index in [-0.39, 0.29) is 0 Å². The molecule has 8 nitrogen and oxygen atoms in total. The van der Waals surface area contributed by atoms with Crippen LogP contribution in [0, 0.1) is 0 Å². The Labute approximate surface area is 199 Å². The Morgan fingerprint density at radius 2 is 2.00 bits per heavy atom. The van der Waals surface area contributed by atoms with Gasteiger partial charge < -0.3 is 19.8 Å². The van der Waals surface area contributed by atoms with E-state index in [9.17, 15) is 4.21 Å². The molecule has 1 aromatic carbocycles. The van der Waals surface area contributed by atoms with Gasteiger partial charge in [-0.15, -0.1) is 11.8 Å². The minimum absolute atomic E-state index is 0.385. The SMILES string of the molecule is CSc1cccc(NS(=O)CCNc2nc(N3CCN(C)CC3)nc3cnc(Cl)cc23)c1. The quantitative estimate of drug-likeness (QED) is 0.366. The third-order valence-corrected chi connectivity index (χ3v) is 7.17. The Hall–Kier alpha value is -2.14. The molecule has 1 unspecified atom stereocenters. The number of likely N-dealkylation sites (N-methyl/N-ethyl adjacent to an activating group) is 1. The molecule has 1 atom stereocenters. The molecule has 4 rings (SSSR count). The Morgan fingerprint density at radius 3 is 2.78 bits per heavy atom. The number of anilines is 3. The molecule has 0 spiro atoms. The van der Waals surface area contributed by atoms with Gasteiger partial charge in [0.2, 0.25) is 5.95 Å². The van der Waals surface area contributed by atoms with Gasteiger partial charge in [-0.3, -0.25) is 0 Å². The first kappa shape index (κ1) is 23.0. The van der Waals surface area contributed by atoms with Gasteiger partial charge >= 0.3 is 0 Å². The predicted molar refractivity (Wildman–Crippen MR) is 135 cm³/mol. The van der Waals surface area contributed by atoms with E-state index in [0.29, 0.717) is 29.2 Å². The van der Waals surface area contributed by atoms with E-state index in [1.54, 1.807) is 24.0 Å². The van der Waals surface area contributed by atoms with E-state index in [1.165, 1.54) is 0 Å². The summed E-state index contributed by atoms with van der Waals surface area (Å²) in [6.45, 7) is 4.14. The number of halogens is 1. The van der Waals surface area contributed by atoms with Crippen molar-refractivity contribution in [3.05, 3.63) is 41.7 Å². The average molecular weight is 492 g/mol. The molecule has 1 aliphatic rings. The molecule has 3 heterocycles. The fourth-order valence-electron chi connectivity index (χ4n) is 3.41. The zero-order chi connectivity index (χ0) is 22.5. The van der Waals surface area contributed by atoms with Crippen LogP contribution in [0.25, 0.3) is 10.9 Å². The number of pyridine rings is 1. The van der Waals surface area contributed by atoms with E-state index in [4.69, 9.17) is 21.6 Å². The number of thioether (sulfide) groups is 1. The minimum Gasteiger partial charge on any atom is -0.368 e. The molecule has 0 radical (unpaired) electrons. The number of benzene rings is 1. The molecule has 1 saturated heterocycles.